The van der Waals surface area contributed by atoms with E-state index >= 15 is 0 Å². The van der Waals surface area contributed by atoms with Crippen molar-refractivity contribution in [1.82, 2.24) is 9.47 Å². The van der Waals surface area contributed by atoms with E-state index in [0.717, 1.165) is 33.2 Å². The minimum Gasteiger partial charge on any atom is -0.443 e. The van der Waals surface area contributed by atoms with Crippen LogP contribution in [0.25, 0.3) is 17.0 Å². The average Bonchev–Trinajstić information content (AvgIpc) is 3.38. The van der Waals surface area contributed by atoms with E-state index < -0.39 is 17.2 Å². The van der Waals surface area contributed by atoms with E-state index in [4.69, 9.17) is 4.74 Å². The van der Waals surface area contributed by atoms with E-state index in [0.29, 0.717) is 25.1 Å². The molecule has 2 heterocycles. The molecule has 1 aromatic heterocycles. The normalized spacial score (nSPS) is 15.6. The SMILES string of the molecule is CC(C)(C)OC(=O)n1cc(/C=C2/CN(C(c3ccccc3)(c3ccccc3)c3ccccc3)CCC2=O)c2ccccc21. The second-order valence-electron chi connectivity index (χ2n) is 12.0. The lowest BCUT2D eigenvalue weighted by atomic mass is 9.74. The molecule has 43 heavy (non-hydrogen) atoms. The summed E-state index contributed by atoms with van der Waals surface area (Å²) in [6.45, 7) is 6.62. The number of nitrogens with zero attached hydrogens (tertiary/aromatic N) is 2. The summed E-state index contributed by atoms with van der Waals surface area (Å²) in [5, 5.41) is 0.895. The molecule has 0 N–H and O–H groups in total. The monoisotopic (exact) mass is 568 g/mol. The summed E-state index contributed by atoms with van der Waals surface area (Å²) in [4.78, 5) is 29.1. The number of ether oxygens (including phenoxy) is 1. The van der Waals surface area contributed by atoms with Crippen molar-refractivity contribution < 1.29 is 14.3 Å². The van der Waals surface area contributed by atoms with Gasteiger partial charge in [-0.2, -0.15) is 0 Å². The molecule has 216 valence electrons. The third-order valence-corrected chi connectivity index (χ3v) is 8.04. The summed E-state index contributed by atoms with van der Waals surface area (Å²) in [6.07, 6.45) is 3.70. The number of carbonyl (C=O) groups is 2. The smallest absolute Gasteiger partial charge is 0.419 e. The summed E-state index contributed by atoms with van der Waals surface area (Å²) < 4.78 is 7.24. The van der Waals surface area contributed by atoms with Gasteiger partial charge in [0.2, 0.25) is 0 Å². The van der Waals surface area contributed by atoms with Crippen LogP contribution in [0.15, 0.2) is 127 Å². The first-order valence-corrected chi connectivity index (χ1v) is 14.8. The lowest BCUT2D eigenvalue weighted by Crippen LogP contribution is -2.52. The van der Waals surface area contributed by atoms with Gasteiger partial charge >= 0.3 is 6.09 Å². The second-order valence-corrected chi connectivity index (χ2v) is 12.0. The topological polar surface area (TPSA) is 51.5 Å². The van der Waals surface area contributed by atoms with Crippen LogP contribution in [0.4, 0.5) is 4.79 Å². The zero-order valence-electron chi connectivity index (χ0n) is 24.9. The van der Waals surface area contributed by atoms with E-state index in [1.807, 2.05) is 69.3 Å². The van der Waals surface area contributed by atoms with Gasteiger partial charge in [0, 0.05) is 42.2 Å². The van der Waals surface area contributed by atoms with Crippen molar-refractivity contribution in [2.24, 2.45) is 0 Å². The molecule has 0 bridgehead atoms. The van der Waals surface area contributed by atoms with Crippen molar-refractivity contribution in [1.29, 1.82) is 0 Å². The van der Waals surface area contributed by atoms with Crippen molar-refractivity contribution in [3.05, 3.63) is 149 Å². The van der Waals surface area contributed by atoms with Crippen LogP contribution in [0.2, 0.25) is 0 Å². The number of Topliss-reactive ketones (excluding diaryl/α,β-unsaturated/α-hetero) is 1. The fourth-order valence-corrected chi connectivity index (χ4v) is 6.24. The number of para-hydroxylation sites is 1. The molecular formula is C38H36N2O3. The highest BCUT2D eigenvalue weighted by Crippen LogP contribution is 2.44. The molecule has 0 spiro atoms. The summed E-state index contributed by atoms with van der Waals surface area (Å²) >= 11 is 0. The molecule has 0 saturated carbocycles. The third kappa shape index (κ3) is 5.44. The number of fused-ring (bicyclic) bond motifs is 1. The van der Waals surface area contributed by atoms with Crippen LogP contribution in [0.3, 0.4) is 0 Å². The van der Waals surface area contributed by atoms with Crippen molar-refractivity contribution in [3.63, 3.8) is 0 Å². The maximum absolute atomic E-state index is 13.6. The molecular weight excluding hydrogens is 532 g/mol. The van der Waals surface area contributed by atoms with Crippen LogP contribution in [0, 0.1) is 0 Å². The van der Waals surface area contributed by atoms with Crippen molar-refractivity contribution >= 4 is 28.9 Å². The van der Waals surface area contributed by atoms with E-state index in [9.17, 15) is 9.59 Å². The average molecular weight is 569 g/mol. The number of piperidine rings is 1. The number of benzene rings is 4. The molecule has 5 nitrogen and oxygen atoms in total. The number of ketones is 1. The van der Waals surface area contributed by atoms with Gasteiger partial charge in [0.1, 0.15) is 5.60 Å². The van der Waals surface area contributed by atoms with E-state index in [1.165, 1.54) is 0 Å². The number of hydrogen-bond donors (Lipinski definition) is 0. The molecule has 0 aliphatic carbocycles. The van der Waals surface area contributed by atoms with E-state index in [-0.39, 0.29) is 5.78 Å². The predicted octanol–water partition coefficient (Wildman–Crippen LogP) is 8.07. The van der Waals surface area contributed by atoms with E-state index in [1.54, 1.807) is 10.8 Å². The van der Waals surface area contributed by atoms with Crippen LogP contribution in [0.1, 0.15) is 49.4 Å². The molecule has 1 saturated heterocycles. The lowest BCUT2D eigenvalue weighted by Gasteiger charge is -2.47. The first-order valence-electron chi connectivity index (χ1n) is 14.8. The standard InChI is InChI=1S/C38H36N2O3/c1-37(2,3)43-36(42)40-27-28(33-21-13-14-22-34(33)40)25-29-26-39(24-23-35(29)41)38(30-15-7-4-8-16-30,31-17-9-5-10-18-31)32-19-11-6-12-20-32/h4-22,25,27H,23-24,26H2,1-3H3/b29-25-. The quantitative estimate of drug-likeness (QED) is 0.159. The number of carbonyl (C=O) groups excluding carboxylic acids is 2. The summed E-state index contributed by atoms with van der Waals surface area (Å²) in [5.74, 6) is 0.119. The van der Waals surface area contributed by atoms with Crippen molar-refractivity contribution in [3.8, 4) is 0 Å². The Labute approximate surface area is 253 Å². The maximum Gasteiger partial charge on any atom is 0.419 e. The number of aromatic nitrogens is 1. The molecule has 0 unspecified atom stereocenters. The zero-order valence-corrected chi connectivity index (χ0v) is 24.9. The number of likely N-dealkylation sites (tertiary alicyclic amines) is 1. The first-order chi connectivity index (χ1) is 20.8. The third-order valence-electron chi connectivity index (χ3n) is 8.04. The Morgan fingerprint density at radius 2 is 1.26 bits per heavy atom. The van der Waals surface area contributed by atoms with Crippen LogP contribution >= 0.6 is 0 Å². The molecule has 5 heteroatoms. The van der Waals surface area contributed by atoms with E-state index in [2.05, 4.69) is 77.7 Å². The number of hydrogen-bond acceptors (Lipinski definition) is 4. The Kier molecular flexibility index (Phi) is 7.59. The zero-order chi connectivity index (χ0) is 30.0. The highest BCUT2D eigenvalue weighted by Gasteiger charge is 2.44. The molecule has 0 amide bonds. The van der Waals surface area contributed by atoms with Gasteiger partial charge in [0.15, 0.2) is 5.78 Å². The highest BCUT2D eigenvalue weighted by atomic mass is 16.6. The first kappa shape index (κ1) is 28.4. The fourth-order valence-electron chi connectivity index (χ4n) is 6.24. The molecule has 1 aliphatic rings. The van der Waals surface area contributed by atoms with Gasteiger partial charge in [-0.25, -0.2) is 4.79 Å². The Balaban J connectivity index is 1.49. The lowest BCUT2D eigenvalue weighted by molar-refractivity contribution is -0.117. The molecule has 4 aromatic carbocycles. The molecule has 0 atom stereocenters. The van der Waals surface area contributed by atoms with Gasteiger partial charge in [-0.3, -0.25) is 14.3 Å². The molecule has 1 fully saturated rings. The fraction of sp³-hybridized carbons (Fsp3) is 0.211. The molecule has 6 rings (SSSR count). The highest BCUT2D eigenvalue weighted by molar-refractivity contribution is 6.04. The van der Waals surface area contributed by atoms with Gasteiger partial charge in [-0.05, 0) is 49.6 Å². The van der Waals surface area contributed by atoms with Crippen molar-refractivity contribution in [2.45, 2.75) is 38.3 Å². The Morgan fingerprint density at radius 1 is 0.744 bits per heavy atom. The van der Waals surface area contributed by atoms with Gasteiger partial charge in [-0.15, -0.1) is 0 Å². The minimum atomic E-state index is -0.628. The van der Waals surface area contributed by atoms with Gasteiger partial charge in [0.25, 0.3) is 0 Å². The van der Waals surface area contributed by atoms with Gasteiger partial charge in [-0.1, -0.05) is 109 Å². The van der Waals surface area contributed by atoms with Crippen LogP contribution in [0.5, 0.6) is 0 Å². The van der Waals surface area contributed by atoms with Crippen LogP contribution in [-0.2, 0) is 15.1 Å². The summed E-state index contributed by atoms with van der Waals surface area (Å²) in [7, 11) is 0. The Bertz CT molecular complexity index is 1680. The largest absolute Gasteiger partial charge is 0.443 e. The Hall–Kier alpha value is -4.74. The minimum absolute atomic E-state index is 0.119. The summed E-state index contributed by atoms with van der Waals surface area (Å²) in [5.41, 5.74) is 4.45. The van der Waals surface area contributed by atoms with Crippen molar-refractivity contribution in [2.75, 3.05) is 13.1 Å². The second kappa shape index (κ2) is 11.5. The van der Waals surface area contributed by atoms with Gasteiger partial charge < -0.3 is 4.74 Å². The van der Waals surface area contributed by atoms with Gasteiger partial charge in [0.05, 0.1) is 11.1 Å². The Morgan fingerprint density at radius 3 is 1.79 bits per heavy atom. The molecule has 5 aromatic rings. The molecule has 1 aliphatic heterocycles. The summed E-state index contributed by atoms with van der Waals surface area (Å²) in [6, 6.07) is 39.4. The van der Waals surface area contributed by atoms with Crippen LogP contribution < -0.4 is 0 Å². The predicted molar refractivity (Wildman–Crippen MR) is 172 cm³/mol. The molecule has 0 radical (unpaired) electrons. The maximum atomic E-state index is 13.6. The number of rotatable bonds is 5. The van der Waals surface area contributed by atoms with Crippen LogP contribution in [-0.4, -0.2) is 40.0 Å².